The molecule has 94 valence electrons. The molecule has 5 nitrogen and oxygen atoms in total. The first kappa shape index (κ1) is 12.3. The van der Waals surface area contributed by atoms with Gasteiger partial charge in [-0.25, -0.2) is 9.89 Å². The molecule has 0 bridgehead atoms. The molecule has 1 aromatic carbocycles. The van der Waals surface area contributed by atoms with E-state index in [1.54, 1.807) is 6.08 Å². The molecule has 0 saturated heterocycles. The van der Waals surface area contributed by atoms with Crippen molar-refractivity contribution in [2.45, 2.75) is 19.8 Å². The van der Waals surface area contributed by atoms with Crippen molar-refractivity contribution >= 4 is 0 Å². The van der Waals surface area contributed by atoms with E-state index in [2.05, 4.69) is 16.8 Å². The number of hydrogen-bond donors (Lipinski definition) is 1. The summed E-state index contributed by atoms with van der Waals surface area (Å²) >= 11 is 0. The van der Waals surface area contributed by atoms with Crippen LogP contribution < -0.4 is 5.69 Å². The van der Waals surface area contributed by atoms with Gasteiger partial charge in [0.05, 0.1) is 6.61 Å². The Morgan fingerprint density at radius 1 is 1.33 bits per heavy atom. The van der Waals surface area contributed by atoms with Crippen LogP contribution in [0.1, 0.15) is 11.4 Å². The van der Waals surface area contributed by atoms with Crippen molar-refractivity contribution in [3.05, 3.63) is 64.9 Å². The fourth-order valence-electron chi connectivity index (χ4n) is 1.61. The van der Waals surface area contributed by atoms with Crippen LogP contribution in [0.4, 0.5) is 0 Å². The molecular formula is C13H15N3O2. The van der Waals surface area contributed by atoms with Gasteiger partial charge in [-0.3, -0.25) is 4.57 Å². The maximum Gasteiger partial charge on any atom is 0.343 e. The van der Waals surface area contributed by atoms with Crippen LogP contribution in [0.25, 0.3) is 0 Å². The normalized spacial score (nSPS) is 10.4. The Hall–Kier alpha value is -2.14. The SMILES string of the molecule is C=CCn1c(COCc2ccccc2)n[nH]c1=O. The Morgan fingerprint density at radius 3 is 2.83 bits per heavy atom. The topological polar surface area (TPSA) is 59.9 Å². The van der Waals surface area contributed by atoms with Crippen LogP contribution in [0.3, 0.4) is 0 Å². The van der Waals surface area contributed by atoms with Crippen LogP contribution in [-0.2, 0) is 24.5 Å². The smallest absolute Gasteiger partial charge is 0.343 e. The number of nitrogens with one attached hydrogen (secondary N) is 1. The maximum absolute atomic E-state index is 11.4. The minimum atomic E-state index is -0.242. The lowest BCUT2D eigenvalue weighted by Gasteiger charge is -2.04. The third kappa shape index (κ3) is 2.95. The zero-order valence-corrected chi connectivity index (χ0v) is 10.0. The molecule has 0 saturated carbocycles. The van der Waals surface area contributed by atoms with Gasteiger partial charge >= 0.3 is 5.69 Å². The summed E-state index contributed by atoms with van der Waals surface area (Å²) in [6.45, 7) is 4.82. The minimum Gasteiger partial charge on any atom is -0.369 e. The Labute approximate surface area is 105 Å². The number of allylic oxidation sites excluding steroid dienone is 1. The van der Waals surface area contributed by atoms with Gasteiger partial charge in [0.1, 0.15) is 6.61 Å². The van der Waals surface area contributed by atoms with Crippen molar-refractivity contribution in [2.75, 3.05) is 0 Å². The van der Waals surface area contributed by atoms with Gasteiger partial charge in [-0.2, -0.15) is 5.10 Å². The number of H-pyrrole nitrogens is 1. The fraction of sp³-hybridized carbons (Fsp3) is 0.231. The van der Waals surface area contributed by atoms with Crippen molar-refractivity contribution in [3.8, 4) is 0 Å². The molecular weight excluding hydrogens is 230 g/mol. The molecule has 0 radical (unpaired) electrons. The Kier molecular flexibility index (Phi) is 4.09. The molecule has 0 unspecified atom stereocenters. The molecule has 5 heteroatoms. The summed E-state index contributed by atoms with van der Waals surface area (Å²) in [6, 6.07) is 9.85. The second kappa shape index (κ2) is 5.97. The summed E-state index contributed by atoms with van der Waals surface area (Å²) in [5, 5.41) is 6.32. The minimum absolute atomic E-state index is 0.242. The summed E-state index contributed by atoms with van der Waals surface area (Å²) in [7, 11) is 0. The first-order chi connectivity index (χ1) is 8.81. The highest BCUT2D eigenvalue weighted by molar-refractivity contribution is 5.13. The van der Waals surface area contributed by atoms with Gasteiger partial charge < -0.3 is 4.74 Å². The summed E-state index contributed by atoms with van der Waals surface area (Å²) in [5.41, 5.74) is 0.846. The van der Waals surface area contributed by atoms with E-state index in [9.17, 15) is 4.79 Å². The highest BCUT2D eigenvalue weighted by Crippen LogP contribution is 2.03. The second-order valence-corrected chi connectivity index (χ2v) is 3.82. The van der Waals surface area contributed by atoms with E-state index in [0.717, 1.165) is 5.56 Å². The zero-order chi connectivity index (χ0) is 12.8. The molecule has 0 aliphatic heterocycles. The van der Waals surface area contributed by atoms with E-state index in [-0.39, 0.29) is 5.69 Å². The van der Waals surface area contributed by atoms with Crippen molar-refractivity contribution in [3.63, 3.8) is 0 Å². The molecule has 0 aliphatic rings. The molecule has 2 rings (SSSR count). The lowest BCUT2D eigenvalue weighted by Crippen LogP contribution is -2.18. The Balaban J connectivity index is 1.94. The standard InChI is InChI=1S/C13H15N3O2/c1-2-8-16-12(14-15-13(16)17)10-18-9-11-6-4-3-5-7-11/h2-7H,1,8-10H2,(H,15,17). The number of nitrogens with zero attached hydrogens (tertiary/aromatic N) is 2. The van der Waals surface area contributed by atoms with Crippen molar-refractivity contribution < 1.29 is 4.74 Å². The molecule has 1 N–H and O–H groups in total. The predicted molar refractivity (Wildman–Crippen MR) is 68.0 cm³/mol. The van der Waals surface area contributed by atoms with Crippen molar-refractivity contribution in [1.29, 1.82) is 0 Å². The predicted octanol–water partition coefficient (Wildman–Crippen LogP) is 1.47. The molecule has 0 amide bonds. The van der Waals surface area contributed by atoms with E-state index >= 15 is 0 Å². The number of aromatic nitrogens is 3. The average Bonchev–Trinajstić information content (AvgIpc) is 2.73. The number of hydrogen-bond acceptors (Lipinski definition) is 3. The fourth-order valence-corrected chi connectivity index (χ4v) is 1.61. The highest BCUT2D eigenvalue weighted by Gasteiger charge is 2.06. The van der Waals surface area contributed by atoms with Gasteiger partial charge in [0.15, 0.2) is 5.82 Å². The maximum atomic E-state index is 11.4. The molecule has 18 heavy (non-hydrogen) atoms. The van der Waals surface area contributed by atoms with Crippen LogP contribution in [0.15, 0.2) is 47.8 Å². The van der Waals surface area contributed by atoms with Crippen LogP contribution in [-0.4, -0.2) is 14.8 Å². The largest absolute Gasteiger partial charge is 0.369 e. The number of aromatic amines is 1. The van der Waals surface area contributed by atoms with Crippen molar-refractivity contribution in [1.82, 2.24) is 14.8 Å². The molecule has 0 aliphatic carbocycles. The van der Waals surface area contributed by atoms with Crippen LogP contribution in [0.2, 0.25) is 0 Å². The Bertz CT molecular complexity index is 557. The number of rotatable bonds is 6. The third-order valence-corrected chi connectivity index (χ3v) is 2.49. The highest BCUT2D eigenvalue weighted by atomic mass is 16.5. The van der Waals surface area contributed by atoms with Crippen molar-refractivity contribution in [2.24, 2.45) is 0 Å². The molecule has 0 fully saturated rings. The lowest BCUT2D eigenvalue weighted by molar-refractivity contribution is 0.0993. The van der Waals surface area contributed by atoms with Gasteiger partial charge in [-0.1, -0.05) is 36.4 Å². The molecule has 2 aromatic rings. The van der Waals surface area contributed by atoms with Gasteiger partial charge in [-0.15, -0.1) is 6.58 Å². The first-order valence-electron chi connectivity index (χ1n) is 5.68. The molecule has 1 aromatic heterocycles. The second-order valence-electron chi connectivity index (χ2n) is 3.82. The summed E-state index contributed by atoms with van der Waals surface area (Å²) in [6.07, 6.45) is 1.65. The molecule has 1 heterocycles. The zero-order valence-electron chi connectivity index (χ0n) is 10.0. The van der Waals surface area contributed by atoms with Crippen LogP contribution in [0, 0.1) is 0 Å². The van der Waals surface area contributed by atoms with E-state index in [1.165, 1.54) is 4.57 Å². The number of ether oxygens (including phenoxy) is 1. The van der Waals surface area contributed by atoms with Gasteiger partial charge in [-0.05, 0) is 5.56 Å². The van der Waals surface area contributed by atoms with E-state index < -0.39 is 0 Å². The van der Waals surface area contributed by atoms with E-state index in [1.807, 2.05) is 30.3 Å². The summed E-state index contributed by atoms with van der Waals surface area (Å²) < 4.78 is 7.03. The van der Waals surface area contributed by atoms with Gasteiger partial charge in [0.2, 0.25) is 0 Å². The van der Waals surface area contributed by atoms with E-state index in [4.69, 9.17) is 4.74 Å². The monoisotopic (exact) mass is 245 g/mol. The average molecular weight is 245 g/mol. The van der Waals surface area contributed by atoms with Crippen LogP contribution >= 0.6 is 0 Å². The lowest BCUT2D eigenvalue weighted by atomic mass is 10.2. The molecule has 0 atom stereocenters. The number of benzene rings is 1. The summed E-state index contributed by atoms with van der Waals surface area (Å²) in [4.78, 5) is 11.4. The Morgan fingerprint density at radius 2 is 2.11 bits per heavy atom. The summed E-state index contributed by atoms with van der Waals surface area (Å²) in [5.74, 6) is 0.579. The van der Waals surface area contributed by atoms with Gasteiger partial charge in [0.25, 0.3) is 0 Å². The van der Waals surface area contributed by atoms with E-state index in [0.29, 0.717) is 25.6 Å². The third-order valence-electron chi connectivity index (χ3n) is 2.49. The molecule has 0 spiro atoms. The quantitative estimate of drug-likeness (QED) is 0.784. The van der Waals surface area contributed by atoms with Crippen LogP contribution in [0.5, 0.6) is 0 Å². The van der Waals surface area contributed by atoms with Gasteiger partial charge in [0, 0.05) is 6.54 Å². The first-order valence-corrected chi connectivity index (χ1v) is 5.68.